The summed E-state index contributed by atoms with van der Waals surface area (Å²) in [6, 6.07) is 0. The fourth-order valence-corrected chi connectivity index (χ4v) is 2.59. The number of hydrogen-bond acceptors (Lipinski definition) is 3. The minimum atomic E-state index is 0.0661. The van der Waals surface area contributed by atoms with Crippen LogP contribution in [-0.2, 0) is 12.6 Å². The van der Waals surface area contributed by atoms with Gasteiger partial charge >= 0.3 is 0 Å². The molecule has 0 aliphatic carbocycles. The standard InChI is InChI=1S/C11H19N3O/c1-4-11(6-5-7-12-11)10-9(15-3)8-13-14(10)2/h8,12H,4-7H2,1-3H3. The van der Waals surface area contributed by atoms with Gasteiger partial charge in [-0.25, -0.2) is 0 Å². The van der Waals surface area contributed by atoms with Gasteiger partial charge < -0.3 is 10.1 Å². The molecule has 0 aromatic carbocycles. The Kier molecular flexibility index (Phi) is 2.69. The Morgan fingerprint density at radius 3 is 3.00 bits per heavy atom. The maximum atomic E-state index is 5.38. The van der Waals surface area contributed by atoms with Gasteiger partial charge in [-0.2, -0.15) is 5.10 Å². The zero-order valence-electron chi connectivity index (χ0n) is 9.71. The lowest BCUT2D eigenvalue weighted by atomic mass is 9.90. The van der Waals surface area contributed by atoms with Crippen LogP contribution in [0.3, 0.4) is 0 Å². The normalized spacial score (nSPS) is 25.8. The third kappa shape index (κ3) is 1.53. The van der Waals surface area contributed by atoms with Crippen LogP contribution in [0.25, 0.3) is 0 Å². The van der Waals surface area contributed by atoms with Crippen molar-refractivity contribution >= 4 is 0 Å². The number of methoxy groups -OCH3 is 1. The molecule has 4 nitrogen and oxygen atoms in total. The number of aryl methyl sites for hydroxylation is 1. The van der Waals surface area contributed by atoms with Crippen LogP contribution in [0.4, 0.5) is 0 Å². The number of rotatable bonds is 3. The van der Waals surface area contributed by atoms with Gasteiger partial charge in [0.15, 0.2) is 5.75 Å². The summed E-state index contributed by atoms with van der Waals surface area (Å²) in [4.78, 5) is 0. The third-order valence-electron chi connectivity index (χ3n) is 3.43. The molecular weight excluding hydrogens is 190 g/mol. The fraction of sp³-hybridized carbons (Fsp3) is 0.727. The van der Waals surface area contributed by atoms with Gasteiger partial charge in [0.25, 0.3) is 0 Å². The Balaban J connectivity index is 2.45. The topological polar surface area (TPSA) is 39.1 Å². The second-order valence-corrected chi connectivity index (χ2v) is 4.15. The molecule has 1 aliphatic rings. The molecule has 0 bridgehead atoms. The molecule has 1 unspecified atom stereocenters. The third-order valence-corrected chi connectivity index (χ3v) is 3.43. The first kappa shape index (κ1) is 10.5. The van der Waals surface area contributed by atoms with E-state index in [-0.39, 0.29) is 5.54 Å². The summed E-state index contributed by atoms with van der Waals surface area (Å²) < 4.78 is 7.31. The molecule has 84 valence electrons. The van der Waals surface area contributed by atoms with Crippen molar-refractivity contribution in [2.24, 2.45) is 7.05 Å². The van der Waals surface area contributed by atoms with Gasteiger partial charge in [-0.05, 0) is 25.8 Å². The second-order valence-electron chi connectivity index (χ2n) is 4.15. The van der Waals surface area contributed by atoms with Crippen molar-refractivity contribution in [3.8, 4) is 5.75 Å². The average Bonchev–Trinajstić information content (AvgIpc) is 2.84. The Morgan fingerprint density at radius 2 is 2.47 bits per heavy atom. The molecule has 0 radical (unpaired) electrons. The van der Waals surface area contributed by atoms with E-state index >= 15 is 0 Å². The molecule has 1 fully saturated rings. The van der Waals surface area contributed by atoms with E-state index in [1.165, 1.54) is 18.5 Å². The van der Waals surface area contributed by atoms with Crippen LogP contribution in [0.2, 0.25) is 0 Å². The van der Waals surface area contributed by atoms with E-state index in [1.807, 2.05) is 11.7 Å². The van der Waals surface area contributed by atoms with Crippen molar-refractivity contribution in [2.75, 3.05) is 13.7 Å². The molecule has 1 aliphatic heterocycles. The van der Waals surface area contributed by atoms with Gasteiger partial charge in [-0.3, -0.25) is 4.68 Å². The Labute approximate surface area is 90.6 Å². The van der Waals surface area contributed by atoms with Crippen LogP contribution in [0.5, 0.6) is 5.75 Å². The lowest BCUT2D eigenvalue weighted by Crippen LogP contribution is -2.38. The maximum Gasteiger partial charge on any atom is 0.161 e. The van der Waals surface area contributed by atoms with Gasteiger partial charge in [0, 0.05) is 7.05 Å². The highest BCUT2D eigenvalue weighted by atomic mass is 16.5. The maximum absolute atomic E-state index is 5.38. The van der Waals surface area contributed by atoms with Crippen molar-refractivity contribution in [1.82, 2.24) is 15.1 Å². The number of nitrogens with zero attached hydrogens (tertiary/aromatic N) is 2. The zero-order chi connectivity index (χ0) is 10.9. The van der Waals surface area contributed by atoms with E-state index in [4.69, 9.17) is 4.74 Å². The van der Waals surface area contributed by atoms with Crippen molar-refractivity contribution in [3.63, 3.8) is 0 Å². The predicted octanol–water partition coefficient (Wildman–Crippen LogP) is 1.42. The van der Waals surface area contributed by atoms with Gasteiger partial charge in [-0.1, -0.05) is 6.92 Å². The van der Waals surface area contributed by atoms with E-state index in [2.05, 4.69) is 17.3 Å². The van der Waals surface area contributed by atoms with Crippen LogP contribution in [0, 0.1) is 0 Å². The highest BCUT2D eigenvalue weighted by molar-refractivity contribution is 5.33. The van der Waals surface area contributed by atoms with Crippen molar-refractivity contribution in [2.45, 2.75) is 31.7 Å². The van der Waals surface area contributed by atoms with Crippen LogP contribution in [0.1, 0.15) is 31.9 Å². The molecular formula is C11H19N3O. The molecule has 2 rings (SSSR count). The predicted molar refractivity (Wildman–Crippen MR) is 59.0 cm³/mol. The lowest BCUT2D eigenvalue weighted by molar-refractivity contribution is 0.323. The average molecular weight is 209 g/mol. The molecule has 4 heteroatoms. The molecule has 1 atom stereocenters. The molecule has 1 saturated heterocycles. The van der Waals surface area contributed by atoms with E-state index < -0.39 is 0 Å². The van der Waals surface area contributed by atoms with Crippen LogP contribution in [-0.4, -0.2) is 23.4 Å². The molecule has 0 saturated carbocycles. The van der Waals surface area contributed by atoms with E-state index in [9.17, 15) is 0 Å². The number of ether oxygens (including phenoxy) is 1. The van der Waals surface area contributed by atoms with E-state index in [0.717, 1.165) is 18.7 Å². The Hall–Kier alpha value is -1.03. The Morgan fingerprint density at radius 1 is 1.67 bits per heavy atom. The molecule has 0 spiro atoms. The van der Waals surface area contributed by atoms with Crippen molar-refractivity contribution in [1.29, 1.82) is 0 Å². The van der Waals surface area contributed by atoms with Gasteiger partial charge in [0.05, 0.1) is 18.8 Å². The monoisotopic (exact) mass is 209 g/mol. The fourth-order valence-electron chi connectivity index (χ4n) is 2.59. The largest absolute Gasteiger partial charge is 0.493 e. The summed E-state index contributed by atoms with van der Waals surface area (Å²) in [5.74, 6) is 0.897. The number of nitrogens with one attached hydrogen (secondary N) is 1. The minimum Gasteiger partial charge on any atom is -0.493 e. The molecule has 2 heterocycles. The molecule has 0 amide bonds. The Bertz CT molecular complexity index is 340. The summed E-state index contributed by atoms with van der Waals surface area (Å²) >= 11 is 0. The van der Waals surface area contributed by atoms with Gasteiger partial charge in [0.1, 0.15) is 5.69 Å². The van der Waals surface area contributed by atoms with Gasteiger partial charge in [-0.15, -0.1) is 0 Å². The van der Waals surface area contributed by atoms with Crippen molar-refractivity contribution < 1.29 is 4.74 Å². The number of hydrogen-bond donors (Lipinski definition) is 1. The number of aromatic nitrogens is 2. The van der Waals surface area contributed by atoms with Crippen molar-refractivity contribution in [3.05, 3.63) is 11.9 Å². The van der Waals surface area contributed by atoms with Crippen LogP contribution < -0.4 is 10.1 Å². The first-order valence-electron chi connectivity index (χ1n) is 5.55. The summed E-state index contributed by atoms with van der Waals surface area (Å²) in [6.45, 7) is 3.30. The molecule has 1 aromatic rings. The smallest absolute Gasteiger partial charge is 0.161 e. The highest BCUT2D eigenvalue weighted by Gasteiger charge is 2.38. The molecule has 1 aromatic heterocycles. The van der Waals surface area contributed by atoms with Gasteiger partial charge in [0.2, 0.25) is 0 Å². The SMILES string of the molecule is CCC1(c2c(OC)cnn2C)CCCN1. The summed E-state index contributed by atoms with van der Waals surface area (Å²) in [5.41, 5.74) is 1.25. The van der Waals surface area contributed by atoms with Crippen LogP contribution >= 0.6 is 0 Å². The summed E-state index contributed by atoms with van der Waals surface area (Å²) in [7, 11) is 3.69. The van der Waals surface area contributed by atoms with Crippen LogP contribution in [0.15, 0.2) is 6.20 Å². The van der Waals surface area contributed by atoms with E-state index in [0.29, 0.717) is 0 Å². The zero-order valence-corrected chi connectivity index (χ0v) is 9.71. The lowest BCUT2D eigenvalue weighted by Gasteiger charge is -2.29. The first-order chi connectivity index (χ1) is 7.23. The second kappa shape index (κ2) is 3.85. The minimum absolute atomic E-state index is 0.0661. The quantitative estimate of drug-likeness (QED) is 0.818. The van der Waals surface area contributed by atoms with E-state index in [1.54, 1.807) is 13.3 Å². The highest BCUT2D eigenvalue weighted by Crippen LogP contribution is 2.38. The summed E-state index contributed by atoms with van der Waals surface area (Å²) in [5, 5.41) is 7.87. The summed E-state index contributed by atoms with van der Waals surface area (Å²) in [6.07, 6.45) is 5.26. The molecule has 15 heavy (non-hydrogen) atoms. The molecule has 1 N–H and O–H groups in total. The first-order valence-corrected chi connectivity index (χ1v) is 5.55.